The van der Waals surface area contributed by atoms with Crippen LogP contribution >= 0.6 is 0 Å². The van der Waals surface area contributed by atoms with Gasteiger partial charge in [-0.2, -0.15) is 22.8 Å². The van der Waals surface area contributed by atoms with Crippen molar-refractivity contribution in [2.75, 3.05) is 0 Å². The lowest BCUT2D eigenvalue weighted by molar-refractivity contribution is -0.137. The summed E-state index contributed by atoms with van der Waals surface area (Å²) < 4.78 is 40.2. The minimum atomic E-state index is -4.55. The monoisotopic (exact) mass is 216 g/mol. The van der Waals surface area contributed by atoms with E-state index >= 15 is 0 Å². The van der Waals surface area contributed by atoms with Gasteiger partial charge in [0.05, 0.1) is 22.9 Å². The lowest BCUT2D eigenvalue weighted by Gasteiger charge is -2.08. The first kappa shape index (κ1) is 10.6. The molecule has 1 aromatic rings. The van der Waals surface area contributed by atoms with Crippen LogP contribution in [0, 0.1) is 11.3 Å². The summed E-state index contributed by atoms with van der Waals surface area (Å²) in [7, 11) is 0. The fraction of sp³-hybridized carbons (Fsp3) is 0.125. The van der Waals surface area contributed by atoms with E-state index in [0.29, 0.717) is 0 Å². The first-order chi connectivity index (χ1) is 6.49. The molecule has 0 saturated carbocycles. The van der Waals surface area contributed by atoms with Crippen molar-refractivity contribution < 1.29 is 13.2 Å². The van der Waals surface area contributed by atoms with Crippen LogP contribution in [0.5, 0.6) is 0 Å². The van der Waals surface area contributed by atoms with Crippen LogP contribution < -0.4 is 0 Å². The molecule has 0 unspecified atom stereocenters. The lowest BCUT2D eigenvalue weighted by atomic mass is 10.1. The predicted octanol–water partition coefficient (Wildman–Crippen LogP) is 2.94. The Labute approximate surface area is 83.1 Å². The van der Waals surface area contributed by atoms with Crippen molar-refractivity contribution in [1.82, 2.24) is 0 Å². The van der Waals surface area contributed by atoms with Crippen LogP contribution in [-0.2, 0) is 18.6 Å². The highest BCUT2D eigenvalue weighted by Gasteiger charge is 2.33. The second kappa shape index (κ2) is 3.72. The Bertz CT molecular complexity index is 406. The molecule has 0 atom stereocenters. The number of nitriles is 1. The number of nitrogens with zero attached hydrogens (tertiary/aromatic N) is 2. The minimum absolute atomic E-state index is 0.0197. The van der Waals surface area contributed by atoms with Crippen molar-refractivity contribution in [3.05, 3.63) is 29.3 Å². The summed E-state index contributed by atoms with van der Waals surface area (Å²) in [5.74, 6) is 0. The van der Waals surface area contributed by atoms with Gasteiger partial charge in [0.2, 0.25) is 0 Å². The molecule has 0 saturated heterocycles. The molecule has 0 spiro atoms. The van der Waals surface area contributed by atoms with Crippen molar-refractivity contribution in [2.45, 2.75) is 6.18 Å². The van der Waals surface area contributed by atoms with Crippen LogP contribution in [0.3, 0.4) is 0 Å². The SMILES string of the molecule is N#Cc1ccc(N=S)cc1C(F)(F)F. The Kier molecular flexibility index (Phi) is 2.81. The molecule has 0 aliphatic rings. The van der Waals surface area contributed by atoms with Crippen LogP contribution in [0.25, 0.3) is 0 Å². The highest BCUT2D eigenvalue weighted by atomic mass is 32.1. The Morgan fingerprint density at radius 1 is 1.36 bits per heavy atom. The number of benzene rings is 1. The summed E-state index contributed by atoms with van der Waals surface area (Å²) in [5, 5.41) is 8.44. The highest BCUT2D eigenvalue weighted by molar-refractivity contribution is 7.47. The van der Waals surface area contributed by atoms with Gasteiger partial charge < -0.3 is 0 Å². The molecule has 0 aliphatic heterocycles. The number of rotatable bonds is 1. The minimum Gasteiger partial charge on any atom is -0.192 e. The molecule has 2 nitrogen and oxygen atoms in total. The van der Waals surface area contributed by atoms with E-state index in [2.05, 4.69) is 16.8 Å². The second-order valence-electron chi connectivity index (χ2n) is 2.43. The van der Waals surface area contributed by atoms with E-state index in [4.69, 9.17) is 5.26 Å². The van der Waals surface area contributed by atoms with Crippen LogP contribution in [0.15, 0.2) is 22.6 Å². The third-order valence-electron chi connectivity index (χ3n) is 1.53. The van der Waals surface area contributed by atoms with Crippen LogP contribution in [0.2, 0.25) is 0 Å². The summed E-state index contributed by atoms with van der Waals surface area (Å²) in [6.07, 6.45) is -4.55. The summed E-state index contributed by atoms with van der Waals surface area (Å²) in [5.41, 5.74) is -1.42. The maximum absolute atomic E-state index is 12.3. The first-order valence-electron chi connectivity index (χ1n) is 3.43. The molecule has 0 N–H and O–H groups in total. The van der Waals surface area contributed by atoms with Crippen molar-refractivity contribution in [1.29, 1.82) is 5.26 Å². The van der Waals surface area contributed by atoms with E-state index in [1.165, 1.54) is 12.1 Å². The fourth-order valence-corrected chi connectivity index (χ4v) is 1.03. The lowest BCUT2D eigenvalue weighted by Crippen LogP contribution is -2.07. The Morgan fingerprint density at radius 2 is 2.00 bits per heavy atom. The van der Waals surface area contributed by atoms with Crippen molar-refractivity contribution >= 4 is 18.1 Å². The van der Waals surface area contributed by atoms with E-state index in [9.17, 15) is 13.2 Å². The molecule has 0 bridgehead atoms. The molecule has 1 aromatic carbocycles. The van der Waals surface area contributed by atoms with Crippen LogP contribution in [0.1, 0.15) is 11.1 Å². The van der Waals surface area contributed by atoms with Crippen LogP contribution in [-0.4, -0.2) is 0 Å². The number of hydrogen-bond donors (Lipinski definition) is 0. The molecule has 72 valence electrons. The van der Waals surface area contributed by atoms with Gasteiger partial charge in [0.1, 0.15) is 0 Å². The van der Waals surface area contributed by atoms with Gasteiger partial charge >= 0.3 is 6.18 Å². The van der Waals surface area contributed by atoms with Crippen molar-refractivity contribution in [3.8, 4) is 6.07 Å². The zero-order valence-electron chi connectivity index (χ0n) is 6.67. The number of hydrogen-bond acceptors (Lipinski definition) is 3. The molecule has 0 heterocycles. The van der Waals surface area contributed by atoms with Gasteiger partial charge in [0.15, 0.2) is 0 Å². The molecule has 1 rings (SSSR count). The zero-order chi connectivity index (χ0) is 10.8. The van der Waals surface area contributed by atoms with Gasteiger partial charge in [0.25, 0.3) is 0 Å². The largest absolute Gasteiger partial charge is 0.417 e. The smallest absolute Gasteiger partial charge is 0.192 e. The normalized spacial score (nSPS) is 10.7. The van der Waals surface area contributed by atoms with Gasteiger partial charge in [-0.15, -0.1) is 0 Å². The van der Waals surface area contributed by atoms with Gasteiger partial charge in [0, 0.05) is 12.4 Å². The second-order valence-corrected chi connectivity index (χ2v) is 2.61. The summed E-state index contributed by atoms with van der Waals surface area (Å²) >= 11 is 4.26. The zero-order valence-corrected chi connectivity index (χ0v) is 7.49. The molecule has 6 heteroatoms. The Balaban J connectivity index is 3.38. The summed E-state index contributed by atoms with van der Waals surface area (Å²) in [4.78, 5) is 0. The molecule has 0 aliphatic carbocycles. The molecule has 0 amide bonds. The predicted molar refractivity (Wildman–Crippen MR) is 45.6 cm³/mol. The molecule has 0 fully saturated rings. The summed E-state index contributed by atoms with van der Waals surface area (Å²) in [6, 6.07) is 4.53. The van der Waals surface area contributed by atoms with E-state index < -0.39 is 17.3 Å². The first-order valence-corrected chi connectivity index (χ1v) is 3.80. The average molecular weight is 216 g/mol. The molecular formula is C8H3F3N2S. The van der Waals surface area contributed by atoms with Gasteiger partial charge in [-0.25, -0.2) is 0 Å². The molecule has 0 radical (unpaired) electrons. The molecule has 0 aromatic heterocycles. The maximum Gasteiger partial charge on any atom is 0.417 e. The van der Waals surface area contributed by atoms with E-state index in [-0.39, 0.29) is 5.69 Å². The topological polar surface area (TPSA) is 36.1 Å². The third kappa shape index (κ3) is 2.06. The van der Waals surface area contributed by atoms with Gasteiger partial charge in [-0.05, 0) is 18.2 Å². The number of alkyl halides is 3. The fourth-order valence-electron chi connectivity index (χ4n) is 0.921. The Morgan fingerprint density at radius 3 is 2.43 bits per heavy atom. The summed E-state index contributed by atoms with van der Waals surface area (Å²) in [6.45, 7) is 0. The maximum atomic E-state index is 12.3. The van der Waals surface area contributed by atoms with Gasteiger partial charge in [-0.1, -0.05) is 0 Å². The quantitative estimate of drug-likeness (QED) is 0.723. The molecule has 14 heavy (non-hydrogen) atoms. The van der Waals surface area contributed by atoms with Crippen molar-refractivity contribution in [3.63, 3.8) is 0 Å². The number of halogens is 3. The van der Waals surface area contributed by atoms with Gasteiger partial charge in [-0.3, -0.25) is 0 Å². The molecular weight excluding hydrogens is 213 g/mol. The standard InChI is InChI=1S/C8H3F3N2S/c9-8(10,11)7-3-6(13-14)2-1-5(7)4-12/h1-3H. The van der Waals surface area contributed by atoms with Crippen LogP contribution in [0.4, 0.5) is 18.9 Å². The highest BCUT2D eigenvalue weighted by Crippen LogP contribution is 2.33. The van der Waals surface area contributed by atoms with E-state index in [1.807, 2.05) is 0 Å². The van der Waals surface area contributed by atoms with E-state index in [0.717, 1.165) is 12.1 Å². The van der Waals surface area contributed by atoms with Crippen molar-refractivity contribution in [2.24, 2.45) is 4.36 Å². The van der Waals surface area contributed by atoms with E-state index in [1.54, 1.807) is 0 Å². The average Bonchev–Trinajstić information content (AvgIpc) is 2.15. The Hall–Kier alpha value is -1.48. The third-order valence-corrected chi connectivity index (χ3v) is 1.75.